The molecule has 1 saturated heterocycles. The van der Waals surface area contributed by atoms with Gasteiger partial charge in [0, 0.05) is 23.2 Å². The molecule has 2 nitrogen and oxygen atoms in total. The van der Waals surface area contributed by atoms with Crippen LogP contribution in [0.4, 0.5) is 0 Å². The van der Waals surface area contributed by atoms with Crippen molar-refractivity contribution >= 4 is 23.5 Å². The van der Waals surface area contributed by atoms with Gasteiger partial charge in [-0.3, -0.25) is 0 Å². The molecule has 19 heavy (non-hydrogen) atoms. The summed E-state index contributed by atoms with van der Waals surface area (Å²) < 4.78 is 0. The minimum Gasteiger partial charge on any atom is -0.388 e. The molecule has 1 aromatic carbocycles. The van der Waals surface area contributed by atoms with Crippen molar-refractivity contribution in [3.63, 3.8) is 0 Å². The zero-order chi connectivity index (χ0) is 13.7. The summed E-state index contributed by atoms with van der Waals surface area (Å²) in [6.45, 7) is 2.91. The standard InChI is InChI=1S/C15H23NOS2/c1-12(16-10-15(17)7-8-19-11-15)9-13-5-3-4-6-14(13)18-2/h3-6,12,16-17H,7-11H2,1-2H3/t12-,15+/m0/s1. The number of thioether (sulfide) groups is 2. The molecule has 1 aromatic rings. The van der Waals surface area contributed by atoms with Crippen LogP contribution < -0.4 is 5.32 Å². The van der Waals surface area contributed by atoms with Crippen LogP contribution in [0.1, 0.15) is 18.9 Å². The maximum Gasteiger partial charge on any atom is 0.0869 e. The Labute approximate surface area is 124 Å². The van der Waals surface area contributed by atoms with Crippen LogP contribution in [-0.2, 0) is 6.42 Å². The van der Waals surface area contributed by atoms with E-state index in [9.17, 15) is 5.11 Å². The third-order valence-electron chi connectivity index (χ3n) is 3.58. The third kappa shape index (κ3) is 4.42. The second kappa shape index (κ2) is 7.02. The lowest BCUT2D eigenvalue weighted by Gasteiger charge is -2.25. The number of benzene rings is 1. The van der Waals surface area contributed by atoms with E-state index in [0.29, 0.717) is 12.6 Å². The molecular formula is C15H23NOS2. The lowest BCUT2D eigenvalue weighted by atomic mass is 10.0. The molecule has 1 heterocycles. The summed E-state index contributed by atoms with van der Waals surface area (Å²) in [7, 11) is 0. The van der Waals surface area contributed by atoms with Gasteiger partial charge in [-0.25, -0.2) is 0 Å². The highest BCUT2D eigenvalue weighted by Gasteiger charge is 2.31. The van der Waals surface area contributed by atoms with E-state index in [1.54, 1.807) is 11.8 Å². The van der Waals surface area contributed by atoms with E-state index in [1.165, 1.54) is 10.5 Å². The Balaban J connectivity index is 1.85. The number of rotatable bonds is 6. The molecular weight excluding hydrogens is 274 g/mol. The predicted octanol–water partition coefficient (Wildman–Crippen LogP) is 2.80. The fraction of sp³-hybridized carbons (Fsp3) is 0.600. The Morgan fingerprint density at radius 3 is 2.95 bits per heavy atom. The molecule has 1 aliphatic rings. The molecule has 1 fully saturated rings. The van der Waals surface area contributed by atoms with Crippen molar-refractivity contribution in [3.8, 4) is 0 Å². The molecule has 0 amide bonds. The van der Waals surface area contributed by atoms with E-state index in [-0.39, 0.29) is 0 Å². The van der Waals surface area contributed by atoms with Gasteiger partial charge in [-0.05, 0) is 43.4 Å². The van der Waals surface area contributed by atoms with Gasteiger partial charge in [-0.1, -0.05) is 18.2 Å². The summed E-state index contributed by atoms with van der Waals surface area (Å²) >= 11 is 3.65. The molecule has 0 aliphatic carbocycles. The molecule has 0 bridgehead atoms. The monoisotopic (exact) mass is 297 g/mol. The van der Waals surface area contributed by atoms with E-state index >= 15 is 0 Å². The quantitative estimate of drug-likeness (QED) is 0.791. The van der Waals surface area contributed by atoms with Crippen LogP contribution in [0, 0.1) is 0 Å². The first-order valence-electron chi connectivity index (χ1n) is 6.78. The van der Waals surface area contributed by atoms with Crippen LogP contribution in [0.2, 0.25) is 0 Å². The Morgan fingerprint density at radius 2 is 2.26 bits per heavy atom. The summed E-state index contributed by atoms with van der Waals surface area (Å²) in [5, 5.41) is 13.8. The number of hydrogen-bond donors (Lipinski definition) is 2. The Morgan fingerprint density at radius 1 is 1.47 bits per heavy atom. The van der Waals surface area contributed by atoms with Crippen molar-refractivity contribution in [2.75, 3.05) is 24.3 Å². The second-order valence-corrected chi connectivity index (χ2v) is 7.28. The first-order valence-corrected chi connectivity index (χ1v) is 9.16. The Bertz CT molecular complexity index is 405. The number of hydrogen-bond acceptors (Lipinski definition) is 4. The lowest BCUT2D eigenvalue weighted by Crippen LogP contribution is -2.44. The lowest BCUT2D eigenvalue weighted by molar-refractivity contribution is 0.0651. The molecule has 4 heteroatoms. The normalized spacial score (nSPS) is 24.6. The van der Waals surface area contributed by atoms with Crippen LogP contribution in [-0.4, -0.2) is 41.1 Å². The topological polar surface area (TPSA) is 32.3 Å². The highest BCUT2D eigenvalue weighted by atomic mass is 32.2. The molecule has 106 valence electrons. The third-order valence-corrected chi connectivity index (χ3v) is 5.65. The smallest absolute Gasteiger partial charge is 0.0869 e. The van der Waals surface area contributed by atoms with Crippen molar-refractivity contribution in [1.29, 1.82) is 0 Å². The molecule has 0 radical (unpaired) electrons. The molecule has 2 N–H and O–H groups in total. The van der Waals surface area contributed by atoms with Crippen LogP contribution in [0.25, 0.3) is 0 Å². The number of nitrogens with one attached hydrogen (secondary N) is 1. The fourth-order valence-electron chi connectivity index (χ4n) is 2.37. The Hall–Kier alpha value is -0.160. The maximum absolute atomic E-state index is 10.3. The summed E-state index contributed by atoms with van der Waals surface area (Å²) in [6, 6.07) is 8.95. The fourth-order valence-corrected chi connectivity index (χ4v) is 4.30. The van der Waals surface area contributed by atoms with Crippen molar-refractivity contribution in [2.45, 2.75) is 36.3 Å². The van der Waals surface area contributed by atoms with Crippen LogP contribution in [0.3, 0.4) is 0 Å². The summed E-state index contributed by atoms with van der Waals surface area (Å²) in [5.74, 6) is 1.95. The first-order chi connectivity index (χ1) is 9.13. The Kier molecular flexibility index (Phi) is 5.63. The molecule has 0 spiro atoms. The van der Waals surface area contributed by atoms with Gasteiger partial charge < -0.3 is 10.4 Å². The average Bonchev–Trinajstić information content (AvgIpc) is 2.85. The summed E-state index contributed by atoms with van der Waals surface area (Å²) in [4.78, 5) is 1.35. The maximum atomic E-state index is 10.3. The van der Waals surface area contributed by atoms with E-state index in [4.69, 9.17) is 0 Å². The molecule has 0 saturated carbocycles. The molecule has 2 atom stereocenters. The van der Waals surface area contributed by atoms with Crippen molar-refractivity contribution in [1.82, 2.24) is 5.32 Å². The predicted molar refractivity (Wildman–Crippen MR) is 86.3 cm³/mol. The molecule has 1 aliphatic heterocycles. The van der Waals surface area contributed by atoms with Gasteiger partial charge in [0.1, 0.15) is 0 Å². The zero-order valence-corrected chi connectivity index (χ0v) is 13.3. The molecule has 2 rings (SSSR count). The van der Waals surface area contributed by atoms with Gasteiger partial charge in [0.15, 0.2) is 0 Å². The van der Waals surface area contributed by atoms with E-state index in [2.05, 4.69) is 42.8 Å². The SMILES string of the molecule is CSc1ccccc1C[C@H](C)NC[C@]1(O)CCSC1. The van der Waals surface area contributed by atoms with Crippen molar-refractivity contribution in [2.24, 2.45) is 0 Å². The van der Waals surface area contributed by atoms with Crippen LogP contribution in [0.15, 0.2) is 29.2 Å². The van der Waals surface area contributed by atoms with Crippen molar-refractivity contribution < 1.29 is 5.11 Å². The van der Waals surface area contributed by atoms with E-state index in [0.717, 1.165) is 24.3 Å². The van der Waals surface area contributed by atoms with Gasteiger partial charge in [-0.15, -0.1) is 11.8 Å². The van der Waals surface area contributed by atoms with Gasteiger partial charge in [0.05, 0.1) is 5.60 Å². The summed E-state index contributed by atoms with van der Waals surface area (Å²) in [6.07, 6.45) is 4.05. The number of aliphatic hydroxyl groups is 1. The van der Waals surface area contributed by atoms with Gasteiger partial charge in [0.25, 0.3) is 0 Å². The molecule has 0 aromatic heterocycles. The zero-order valence-electron chi connectivity index (χ0n) is 11.7. The second-order valence-electron chi connectivity index (χ2n) is 5.32. The minimum atomic E-state index is -0.488. The summed E-state index contributed by atoms with van der Waals surface area (Å²) in [5.41, 5.74) is 0.903. The van der Waals surface area contributed by atoms with E-state index < -0.39 is 5.60 Å². The average molecular weight is 297 g/mol. The van der Waals surface area contributed by atoms with Gasteiger partial charge in [-0.2, -0.15) is 11.8 Å². The highest BCUT2D eigenvalue weighted by Crippen LogP contribution is 2.27. The molecule has 0 unspecified atom stereocenters. The van der Waals surface area contributed by atoms with Crippen LogP contribution in [0.5, 0.6) is 0 Å². The van der Waals surface area contributed by atoms with Gasteiger partial charge in [0.2, 0.25) is 0 Å². The first kappa shape index (κ1) is 15.2. The van der Waals surface area contributed by atoms with E-state index in [1.807, 2.05) is 11.8 Å². The minimum absolute atomic E-state index is 0.392. The van der Waals surface area contributed by atoms with Crippen molar-refractivity contribution in [3.05, 3.63) is 29.8 Å². The highest BCUT2D eigenvalue weighted by molar-refractivity contribution is 7.99. The van der Waals surface area contributed by atoms with Gasteiger partial charge >= 0.3 is 0 Å². The largest absolute Gasteiger partial charge is 0.388 e. The van der Waals surface area contributed by atoms with Crippen LogP contribution >= 0.6 is 23.5 Å².